The molecule has 1 heterocycles. The van der Waals surface area contributed by atoms with Crippen LogP contribution in [0, 0.1) is 10.3 Å². The van der Waals surface area contributed by atoms with Crippen LogP contribution >= 0.6 is 34.8 Å². The van der Waals surface area contributed by atoms with Crippen molar-refractivity contribution in [3.63, 3.8) is 0 Å². The van der Waals surface area contributed by atoms with E-state index in [9.17, 15) is 4.91 Å². The van der Waals surface area contributed by atoms with Gasteiger partial charge in [0.05, 0.1) is 6.54 Å². The van der Waals surface area contributed by atoms with Crippen molar-refractivity contribution in [1.29, 1.82) is 0 Å². The lowest BCUT2D eigenvalue weighted by Crippen LogP contribution is -2.29. The number of hydrogen-bond acceptors (Lipinski definition) is 4. The smallest absolute Gasteiger partial charge is 0.250 e. The van der Waals surface area contributed by atoms with E-state index in [2.05, 4.69) is 15.3 Å². The molecular weight excluding hydrogens is 286 g/mol. The number of rotatable bonds is 3. The van der Waals surface area contributed by atoms with E-state index in [1.807, 2.05) is 20.8 Å². The van der Waals surface area contributed by atoms with E-state index < -0.39 is 9.83 Å². The molecule has 8 heteroatoms. The minimum absolute atomic E-state index is 0.0843. The summed E-state index contributed by atoms with van der Waals surface area (Å²) in [5, 5.41) is 7.08. The van der Waals surface area contributed by atoms with Crippen LogP contribution in [0.1, 0.15) is 26.6 Å². The Kier molecular flexibility index (Phi) is 4.38. The zero-order chi connectivity index (χ0) is 13.3. The van der Waals surface area contributed by atoms with Crippen molar-refractivity contribution in [3.8, 4) is 0 Å². The highest BCUT2D eigenvalue weighted by atomic mass is 35.6. The average molecular weight is 300 g/mol. The van der Waals surface area contributed by atoms with Gasteiger partial charge in [0.25, 0.3) is 3.79 Å². The molecule has 0 N–H and O–H groups in total. The molecule has 1 rings (SSSR count). The summed E-state index contributed by atoms with van der Waals surface area (Å²) >= 11 is 16.9. The van der Waals surface area contributed by atoms with Gasteiger partial charge < -0.3 is 0 Å². The first-order valence-corrected chi connectivity index (χ1v) is 6.07. The minimum Gasteiger partial charge on any atom is -0.250 e. The Morgan fingerprint density at radius 1 is 1.41 bits per heavy atom. The molecule has 17 heavy (non-hydrogen) atoms. The molecule has 5 nitrogen and oxygen atoms in total. The average Bonchev–Trinajstić information content (AvgIpc) is 2.59. The first-order chi connectivity index (χ1) is 7.64. The number of nitrogens with zero attached hydrogens (tertiary/aromatic N) is 4. The molecule has 0 bridgehead atoms. The summed E-state index contributed by atoms with van der Waals surface area (Å²) in [6, 6.07) is -0.424. The van der Waals surface area contributed by atoms with Gasteiger partial charge in [0.15, 0.2) is 0 Å². The van der Waals surface area contributed by atoms with Crippen LogP contribution in [0.4, 0.5) is 0 Å². The van der Waals surface area contributed by atoms with Gasteiger partial charge >= 0.3 is 0 Å². The number of nitroso groups, excluding NO2 is 1. The minimum atomic E-state index is -1.66. The molecule has 1 aromatic heterocycles. The molecule has 1 atom stereocenters. The molecule has 0 spiro atoms. The number of aromatic nitrogens is 3. The summed E-state index contributed by atoms with van der Waals surface area (Å²) < 4.78 is -0.203. The summed E-state index contributed by atoms with van der Waals surface area (Å²) in [4.78, 5) is 14.6. The lowest BCUT2D eigenvalue weighted by molar-refractivity contribution is 0.283. The molecule has 0 aliphatic rings. The molecule has 0 fully saturated rings. The maximum atomic E-state index is 10.8. The standard InChI is InChI=1S/C9H13Cl3N4O/c1-8(2,3)6(15-17)4-16-5-13-7(14-16)9(10,11)12/h5-6H,4H2,1-3H3. The van der Waals surface area contributed by atoms with Gasteiger partial charge in [0, 0.05) is 0 Å². The van der Waals surface area contributed by atoms with Crippen molar-refractivity contribution < 1.29 is 0 Å². The highest BCUT2D eigenvalue weighted by molar-refractivity contribution is 6.66. The van der Waals surface area contributed by atoms with E-state index in [1.54, 1.807) is 0 Å². The first-order valence-electron chi connectivity index (χ1n) is 4.93. The summed E-state index contributed by atoms with van der Waals surface area (Å²) in [5.74, 6) is 0.0843. The van der Waals surface area contributed by atoms with Gasteiger partial charge in [-0.25, -0.2) is 4.98 Å². The maximum absolute atomic E-state index is 10.8. The van der Waals surface area contributed by atoms with Crippen molar-refractivity contribution in [1.82, 2.24) is 14.8 Å². The molecule has 1 unspecified atom stereocenters. The van der Waals surface area contributed by atoms with Crippen molar-refractivity contribution in [3.05, 3.63) is 17.1 Å². The fourth-order valence-corrected chi connectivity index (χ4v) is 1.41. The molecule has 0 saturated carbocycles. The molecular formula is C9H13Cl3N4O. The molecule has 0 amide bonds. The predicted molar refractivity (Wildman–Crippen MR) is 68.3 cm³/mol. The Hall–Kier alpha value is -0.390. The van der Waals surface area contributed by atoms with Crippen LogP contribution in [0.2, 0.25) is 0 Å². The zero-order valence-electron chi connectivity index (χ0n) is 9.69. The van der Waals surface area contributed by atoms with Crippen LogP contribution in [-0.2, 0) is 10.3 Å². The highest BCUT2D eigenvalue weighted by Gasteiger charge is 2.30. The van der Waals surface area contributed by atoms with Crippen LogP contribution in [0.5, 0.6) is 0 Å². The first kappa shape index (κ1) is 14.7. The van der Waals surface area contributed by atoms with Gasteiger partial charge in [0.1, 0.15) is 12.4 Å². The van der Waals surface area contributed by atoms with Gasteiger partial charge in [0.2, 0.25) is 5.82 Å². The van der Waals surface area contributed by atoms with E-state index in [1.165, 1.54) is 11.0 Å². The normalized spacial score (nSPS) is 14.7. The second kappa shape index (κ2) is 5.08. The van der Waals surface area contributed by atoms with Gasteiger partial charge in [-0.1, -0.05) is 60.8 Å². The van der Waals surface area contributed by atoms with Crippen LogP contribution in [0.3, 0.4) is 0 Å². The van der Waals surface area contributed by atoms with E-state index in [0.717, 1.165) is 0 Å². The molecule has 0 aromatic carbocycles. The van der Waals surface area contributed by atoms with E-state index in [0.29, 0.717) is 6.54 Å². The van der Waals surface area contributed by atoms with E-state index in [4.69, 9.17) is 34.8 Å². The lowest BCUT2D eigenvalue weighted by atomic mass is 9.87. The van der Waals surface area contributed by atoms with Gasteiger partial charge in [-0.3, -0.25) is 4.68 Å². The third-order valence-electron chi connectivity index (χ3n) is 2.28. The quantitative estimate of drug-likeness (QED) is 0.635. The fraction of sp³-hybridized carbons (Fsp3) is 0.778. The second-order valence-electron chi connectivity index (χ2n) is 4.78. The third kappa shape index (κ3) is 4.08. The second-order valence-corrected chi connectivity index (χ2v) is 7.06. The predicted octanol–water partition coefficient (Wildman–Crippen LogP) is 3.29. The lowest BCUT2D eigenvalue weighted by Gasteiger charge is -2.23. The van der Waals surface area contributed by atoms with Crippen molar-refractivity contribution in [2.45, 2.75) is 37.2 Å². The summed E-state index contributed by atoms with van der Waals surface area (Å²) in [6.07, 6.45) is 1.42. The van der Waals surface area contributed by atoms with Gasteiger partial charge in [-0.15, -0.1) is 0 Å². The largest absolute Gasteiger partial charge is 0.251 e. The maximum Gasteiger partial charge on any atom is 0.251 e. The summed E-state index contributed by atoms with van der Waals surface area (Å²) in [7, 11) is 0. The Morgan fingerprint density at radius 2 is 2.00 bits per heavy atom. The molecule has 0 radical (unpaired) electrons. The van der Waals surface area contributed by atoms with Gasteiger partial charge in [-0.05, 0) is 5.41 Å². The molecule has 0 aliphatic heterocycles. The van der Waals surface area contributed by atoms with Crippen LogP contribution in [0.25, 0.3) is 0 Å². The Morgan fingerprint density at radius 3 is 2.35 bits per heavy atom. The van der Waals surface area contributed by atoms with Crippen molar-refractivity contribution in [2.24, 2.45) is 10.6 Å². The monoisotopic (exact) mass is 298 g/mol. The Labute approximate surface area is 114 Å². The van der Waals surface area contributed by atoms with Crippen LogP contribution in [-0.4, -0.2) is 20.8 Å². The van der Waals surface area contributed by atoms with E-state index in [-0.39, 0.29) is 11.2 Å². The molecule has 0 saturated heterocycles. The van der Waals surface area contributed by atoms with Crippen molar-refractivity contribution >= 4 is 34.8 Å². The number of hydrogen-bond donors (Lipinski definition) is 0. The molecule has 1 aromatic rings. The van der Waals surface area contributed by atoms with Crippen molar-refractivity contribution in [2.75, 3.05) is 0 Å². The Bertz CT molecular complexity index is 394. The zero-order valence-corrected chi connectivity index (χ0v) is 12.0. The summed E-state index contributed by atoms with van der Waals surface area (Å²) in [6.45, 7) is 6.07. The molecule has 0 aliphatic carbocycles. The van der Waals surface area contributed by atoms with Gasteiger partial charge in [-0.2, -0.15) is 10.0 Å². The Balaban J connectivity index is 2.82. The SMILES string of the molecule is CC(C)(C)C(Cn1cnc(C(Cl)(Cl)Cl)n1)N=O. The topological polar surface area (TPSA) is 60.1 Å². The highest BCUT2D eigenvalue weighted by Crippen LogP contribution is 2.35. The van der Waals surface area contributed by atoms with E-state index >= 15 is 0 Å². The van der Waals surface area contributed by atoms with Crippen LogP contribution < -0.4 is 0 Å². The van der Waals surface area contributed by atoms with Crippen LogP contribution in [0.15, 0.2) is 11.5 Å². The third-order valence-corrected chi connectivity index (χ3v) is 2.78. The summed E-state index contributed by atoms with van der Waals surface area (Å²) in [5.41, 5.74) is -0.256. The molecule has 96 valence electrons. The number of halogens is 3. The fourth-order valence-electron chi connectivity index (χ4n) is 1.15. The number of alkyl halides is 3.